The predicted octanol–water partition coefficient (Wildman–Crippen LogP) is 2.04. The molecular weight excluding hydrogens is 376 g/mol. The number of hydrogen-bond donors (Lipinski definition) is 1. The van der Waals surface area contributed by atoms with Gasteiger partial charge in [0.2, 0.25) is 11.7 Å². The molecule has 2 atom stereocenters. The highest BCUT2D eigenvalue weighted by atomic mass is 16.6. The van der Waals surface area contributed by atoms with E-state index < -0.39 is 12.2 Å². The molecule has 1 fully saturated rings. The molecule has 2 aromatic rings. The predicted molar refractivity (Wildman–Crippen MR) is 103 cm³/mol. The van der Waals surface area contributed by atoms with Crippen LogP contribution in [0, 0.1) is 13.8 Å². The van der Waals surface area contributed by atoms with Crippen LogP contribution in [0.25, 0.3) is 0 Å². The zero-order chi connectivity index (χ0) is 20.4. The Kier molecular flexibility index (Phi) is 5.62. The molecule has 0 aliphatic carbocycles. The second-order valence-corrected chi connectivity index (χ2v) is 7.44. The van der Waals surface area contributed by atoms with Crippen LogP contribution in [0.4, 0.5) is 0 Å². The van der Waals surface area contributed by atoms with E-state index in [2.05, 4.69) is 5.16 Å². The summed E-state index contributed by atoms with van der Waals surface area (Å²) < 4.78 is 22.4. The van der Waals surface area contributed by atoms with Gasteiger partial charge in [0.05, 0.1) is 12.2 Å². The highest BCUT2D eigenvalue weighted by Gasteiger charge is 2.32. The number of piperidine rings is 1. The van der Waals surface area contributed by atoms with E-state index in [1.165, 1.54) is 0 Å². The fourth-order valence-corrected chi connectivity index (χ4v) is 3.83. The first-order chi connectivity index (χ1) is 14.0. The molecule has 29 heavy (non-hydrogen) atoms. The maximum atomic E-state index is 12.6. The third-order valence-corrected chi connectivity index (χ3v) is 5.45. The monoisotopic (exact) mass is 402 g/mol. The van der Waals surface area contributed by atoms with E-state index in [1.54, 1.807) is 11.0 Å². The number of likely N-dealkylation sites (tertiary alicyclic amines) is 1. The molecule has 156 valence electrons. The molecule has 8 heteroatoms. The number of carbonyl (C=O) groups excluding carboxylic acids is 1. The lowest BCUT2D eigenvalue weighted by atomic mass is 10.0. The molecule has 0 radical (unpaired) electrons. The van der Waals surface area contributed by atoms with Crippen molar-refractivity contribution in [1.82, 2.24) is 10.1 Å². The van der Waals surface area contributed by atoms with Crippen LogP contribution in [0.15, 0.2) is 22.7 Å². The van der Waals surface area contributed by atoms with Crippen LogP contribution < -0.4 is 14.2 Å². The molecule has 0 spiro atoms. The summed E-state index contributed by atoms with van der Waals surface area (Å²) >= 11 is 0. The Balaban J connectivity index is 1.33. The van der Waals surface area contributed by atoms with Crippen molar-refractivity contribution in [2.24, 2.45) is 0 Å². The number of nitrogens with zero attached hydrogens (tertiary/aromatic N) is 2. The molecule has 0 bridgehead atoms. The van der Waals surface area contributed by atoms with Gasteiger partial charge in [-0.1, -0.05) is 11.2 Å². The Hall–Kier alpha value is -2.74. The number of hydrogen-bond acceptors (Lipinski definition) is 7. The van der Waals surface area contributed by atoms with Gasteiger partial charge in [0.15, 0.2) is 11.5 Å². The van der Waals surface area contributed by atoms with Crippen molar-refractivity contribution in [2.45, 2.75) is 45.3 Å². The number of β-amino-alcohol motifs (C(OH)–C–C–N with tert-alkyl or cyclic N) is 1. The van der Waals surface area contributed by atoms with Gasteiger partial charge < -0.3 is 28.7 Å². The van der Waals surface area contributed by atoms with E-state index in [0.717, 1.165) is 17.0 Å². The summed E-state index contributed by atoms with van der Waals surface area (Å²) in [4.78, 5) is 14.3. The number of fused-ring (bicyclic) bond motifs is 1. The first-order valence-electron chi connectivity index (χ1n) is 9.96. The highest BCUT2D eigenvalue weighted by molar-refractivity contribution is 5.76. The van der Waals surface area contributed by atoms with Crippen LogP contribution in [0.1, 0.15) is 29.9 Å². The highest BCUT2D eigenvalue weighted by Crippen LogP contribution is 2.40. The summed E-state index contributed by atoms with van der Waals surface area (Å²) in [7, 11) is 0. The Morgan fingerprint density at radius 1 is 1.31 bits per heavy atom. The summed E-state index contributed by atoms with van der Waals surface area (Å²) in [6, 6.07) is 5.47. The van der Waals surface area contributed by atoms with Crippen LogP contribution in [-0.2, 0) is 11.2 Å². The Bertz CT molecular complexity index is 861. The number of carbonyl (C=O) groups is 1. The maximum absolute atomic E-state index is 12.6. The molecule has 1 amide bonds. The quantitative estimate of drug-likeness (QED) is 0.818. The van der Waals surface area contributed by atoms with Crippen LogP contribution in [0.2, 0.25) is 0 Å². The van der Waals surface area contributed by atoms with E-state index in [-0.39, 0.29) is 12.5 Å². The number of aliphatic hydroxyl groups is 1. The lowest BCUT2D eigenvalue weighted by molar-refractivity contribution is -0.137. The second-order valence-electron chi connectivity index (χ2n) is 7.44. The van der Waals surface area contributed by atoms with Crippen molar-refractivity contribution < 1.29 is 28.6 Å². The molecule has 1 aromatic heterocycles. The van der Waals surface area contributed by atoms with Gasteiger partial charge in [-0.25, -0.2) is 0 Å². The number of amides is 1. The number of aryl methyl sites for hydroxylation is 2. The number of aliphatic hydroxyl groups excluding tert-OH is 1. The third kappa shape index (κ3) is 4.17. The van der Waals surface area contributed by atoms with Crippen LogP contribution in [-0.4, -0.2) is 59.6 Å². The second kappa shape index (κ2) is 8.32. The molecule has 4 rings (SSSR count). The molecule has 1 N–H and O–H groups in total. The van der Waals surface area contributed by atoms with Gasteiger partial charge in [-0.15, -0.1) is 0 Å². The van der Waals surface area contributed by atoms with Gasteiger partial charge in [-0.05, 0) is 32.4 Å². The van der Waals surface area contributed by atoms with E-state index >= 15 is 0 Å². The van der Waals surface area contributed by atoms with Crippen LogP contribution >= 0.6 is 0 Å². The van der Waals surface area contributed by atoms with Gasteiger partial charge in [0.25, 0.3) is 0 Å². The molecule has 0 unspecified atom stereocenters. The molecule has 0 saturated carbocycles. The smallest absolute Gasteiger partial charge is 0.222 e. The summed E-state index contributed by atoms with van der Waals surface area (Å²) in [5.74, 6) is 2.54. The normalized spacial score (nSPS) is 21.1. The van der Waals surface area contributed by atoms with Crippen molar-refractivity contribution in [1.29, 1.82) is 0 Å². The minimum absolute atomic E-state index is 0.0105. The van der Waals surface area contributed by atoms with Gasteiger partial charge in [0, 0.05) is 24.9 Å². The Morgan fingerprint density at radius 2 is 2.14 bits per heavy atom. The molecule has 3 heterocycles. The number of ether oxygens (including phenoxy) is 3. The fraction of sp³-hybridized carbons (Fsp3) is 0.524. The number of aromatic nitrogens is 1. The molecule has 2 aliphatic rings. The van der Waals surface area contributed by atoms with Crippen LogP contribution in [0.5, 0.6) is 17.2 Å². The average molecular weight is 402 g/mol. The fourth-order valence-electron chi connectivity index (χ4n) is 3.83. The zero-order valence-corrected chi connectivity index (χ0v) is 16.7. The first-order valence-corrected chi connectivity index (χ1v) is 9.96. The van der Waals surface area contributed by atoms with Gasteiger partial charge >= 0.3 is 0 Å². The minimum Gasteiger partial charge on any atom is -0.486 e. The lowest BCUT2D eigenvalue weighted by Crippen LogP contribution is -2.51. The summed E-state index contributed by atoms with van der Waals surface area (Å²) in [5, 5.41) is 14.5. The number of para-hydroxylation sites is 1. The van der Waals surface area contributed by atoms with E-state index in [0.29, 0.717) is 56.3 Å². The van der Waals surface area contributed by atoms with E-state index in [1.807, 2.05) is 26.0 Å². The summed E-state index contributed by atoms with van der Waals surface area (Å²) in [6.07, 6.45) is 0.312. The summed E-state index contributed by atoms with van der Waals surface area (Å²) in [5.41, 5.74) is 1.80. The largest absolute Gasteiger partial charge is 0.486 e. The average Bonchev–Trinajstić information content (AvgIpc) is 3.05. The molecule has 1 aromatic carbocycles. The van der Waals surface area contributed by atoms with Gasteiger partial charge in [0.1, 0.15) is 31.2 Å². The molecule has 1 saturated heterocycles. The van der Waals surface area contributed by atoms with Crippen molar-refractivity contribution >= 4 is 5.91 Å². The molecule has 8 nitrogen and oxygen atoms in total. The van der Waals surface area contributed by atoms with Gasteiger partial charge in [-0.2, -0.15) is 0 Å². The summed E-state index contributed by atoms with van der Waals surface area (Å²) in [6.45, 7) is 5.48. The third-order valence-electron chi connectivity index (χ3n) is 5.45. The van der Waals surface area contributed by atoms with Crippen LogP contribution in [0.3, 0.4) is 0 Å². The van der Waals surface area contributed by atoms with Gasteiger partial charge in [-0.3, -0.25) is 4.79 Å². The first kappa shape index (κ1) is 19.6. The van der Waals surface area contributed by atoms with E-state index in [9.17, 15) is 9.90 Å². The lowest BCUT2D eigenvalue weighted by Gasteiger charge is -2.36. The maximum Gasteiger partial charge on any atom is 0.222 e. The number of rotatable bonds is 5. The standard InChI is InChI=1S/C21H26N2O6/c1-13-15(14(2)29-22-13)6-7-20(25)23-9-8-17(16(24)12-23)28-19-5-3-4-18-21(19)27-11-10-26-18/h3-5,16-17,24H,6-12H2,1-2H3/t16-,17-/m1/s1. The SMILES string of the molecule is Cc1noc(C)c1CCC(=O)N1CC[C@@H](Oc2cccc3c2OCCO3)[C@H](O)C1. The van der Waals surface area contributed by atoms with Crippen molar-refractivity contribution in [3.05, 3.63) is 35.2 Å². The molecular formula is C21H26N2O6. The Morgan fingerprint density at radius 3 is 2.90 bits per heavy atom. The van der Waals surface area contributed by atoms with Crippen molar-refractivity contribution in [2.75, 3.05) is 26.3 Å². The van der Waals surface area contributed by atoms with E-state index in [4.69, 9.17) is 18.7 Å². The molecule has 2 aliphatic heterocycles. The topological polar surface area (TPSA) is 94.3 Å². The van der Waals surface area contributed by atoms with Crippen molar-refractivity contribution in [3.8, 4) is 17.2 Å². The minimum atomic E-state index is -0.771. The Labute approximate surface area is 169 Å². The zero-order valence-electron chi connectivity index (χ0n) is 16.7. The van der Waals surface area contributed by atoms with Crippen molar-refractivity contribution in [3.63, 3.8) is 0 Å². The number of benzene rings is 1.